The summed E-state index contributed by atoms with van der Waals surface area (Å²) in [5.41, 5.74) is 0. The smallest absolute Gasteiger partial charge is 0.811 e. The largest absolute Gasteiger partial charge is 3.00 e. The van der Waals surface area contributed by atoms with E-state index >= 15 is 0 Å². The van der Waals surface area contributed by atoms with E-state index in [-0.39, 0.29) is 52.6 Å². The molecule has 0 bridgehead atoms. The van der Waals surface area contributed by atoms with Gasteiger partial charge in [0.05, 0.1) is 0 Å². The Morgan fingerprint density at radius 2 is 0.279 bits per heavy atom. The van der Waals surface area contributed by atoms with Gasteiger partial charge in [0.1, 0.15) is 0 Å². The van der Waals surface area contributed by atoms with Gasteiger partial charge >= 0.3 is 34.1 Å². The van der Waals surface area contributed by atoms with E-state index in [1.54, 1.807) is 0 Å². The van der Waals surface area contributed by atoms with Crippen LogP contribution in [0.25, 0.3) is 0 Å². The van der Waals surface area contributed by atoms with Crippen LogP contribution in [0.1, 0.15) is 329 Å². The molecule has 0 atom stereocenters. The molecule has 0 heterocycles. The summed E-state index contributed by atoms with van der Waals surface area (Å²) >= 11 is 0. The Bertz CT molecular complexity index is 931. The molecule has 0 aliphatic rings. The van der Waals surface area contributed by atoms with Crippen molar-refractivity contribution in [1.29, 1.82) is 0 Å². The van der Waals surface area contributed by atoms with Gasteiger partial charge in [-0.1, -0.05) is 332 Å². The molecule has 0 fully saturated rings. The second-order valence-electron chi connectivity index (χ2n) is 19.9. The predicted molar refractivity (Wildman–Crippen MR) is 276 cm³/mol. The van der Waals surface area contributed by atoms with Crippen molar-refractivity contribution in [3.63, 3.8) is 0 Å². The van der Waals surface area contributed by atoms with E-state index in [0.717, 1.165) is 38.5 Å². The van der Waals surface area contributed by atoms with Crippen LogP contribution >= 0.6 is 22.8 Å². The van der Waals surface area contributed by atoms with Crippen LogP contribution in [0.4, 0.5) is 0 Å². The van der Waals surface area contributed by atoms with Crippen molar-refractivity contribution in [2.45, 2.75) is 329 Å². The van der Waals surface area contributed by atoms with Crippen LogP contribution in [0, 0.1) is 0 Å². The first-order chi connectivity index (χ1) is 31.7. The molecule has 0 rings (SSSR count). The second kappa shape index (κ2) is 62.8. The van der Waals surface area contributed by atoms with Crippen LogP contribution < -0.4 is 29.4 Å². The van der Waals surface area contributed by atoms with Crippen molar-refractivity contribution in [2.75, 3.05) is 18.5 Å². The van der Waals surface area contributed by atoms with Crippen molar-refractivity contribution >= 4 is 22.8 Å². The molecule has 0 aromatic rings. The van der Waals surface area contributed by atoms with Crippen molar-refractivity contribution in [1.82, 2.24) is 0 Å². The normalized spacial score (nSPS) is 11.6. The Morgan fingerprint density at radius 3 is 0.368 bits per heavy atom. The summed E-state index contributed by atoms with van der Waals surface area (Å²) < 4.78 is 31.4. The van der Waals surface area contributed by atoms with Crippen LogP contribution in [-0.2, 0) is 47.8 Å². The molecular formula is C54H111Fe2O9P3. The van der Waals surface area contributed by atoms with Gasteiger partial charge in [-0.05, 0) is 37.7 Å². The standard InChI is InChI=1S/3C18H39O3P.2Fe/c3*1-2-3-4-5-6-7-8-9-10-11-12-13-14-15-16-17-18-22(19,20)21;;/h3*2-18H2,1H3,(H2,19,20,21);;/q;;;2*+3/p-6. The van der Waals surface area contributed by atoms with Gasteiger partial charge in [0.25, 0.3) is 0 Å². The Hall–Kier alpha value is 1.49. The summed E-state index contributed by atoms with van der Waals surface area (Å²) in [5, 5.41) is 0. The topological polar surface area (TPSA) is 190 Å². The van der Waals surface area contributed by atoms with E-state index < -0.39 is 22.8 Å². The summed E-state index contributed by atoms with van der Waals surface area (Å²) in [6.45, 7) is 6.78. The van der Waals surface area contributed by atoms with Crippen molar-refractivity contribution in [3.05, 3.63) is 0 Å². The average Bonchev–Trinajstić information content (AvgIpc) is 3.25. The van der Waals surface area contributed by atoms with E-state index in [1.165, 1.54) is 250 Å². The average molecular weight is 1110 g/mol. The van der Waals surface area contributed by atoms with E-state index in [2.05, 4.69) is 20.8 Å². The van der Waals surface area contributed by atoms with Crippen molar-refractivity contribution in [2.24, 2.45) is 0 Å². The molecule has 0 aliphatic carbocycles. The maximum absolute atomic E-state index is 10.5. The number of hydrogen-bond acceptors (Lipinski definition) is 9. The zero-order valence-corrected chi connectivity index (χ0v) is 49.7. The first-order valence-electron chi connectivity index (χ1n) is 28.7. The molecule has 14 heteroatoms. The maximum atomic E-state index is 10.5. The molecule has 9 nitrogen and oxygen atoms in total. The van der Waals surface area contributed by atoms with Gasteiger partial charge in [0, 0.05) is 0 Å². The Labute approximate surface area is 444 Å². The first-order valence-corrected chi connectivity index (χ1v) is 33.9. The molecule has 0 aromatic carbocycles. The maximum Gasteiger partial charge on any atom is 3.00 e. The van der Waals surface area contributed by atoms with Crippen molar-refractivity contribution in [3.8, 4) is 0 Å². The molecule has 2 radical (unpaired) electrons. The van der Waals surface area contributed by atoms with Gasteiger partial charge in [-0.3, -0.25) is 0 Å². The monoisotopic (exact) mass is 1110 g/mol. The molecule has 0 aliphatic heterocycles. The molecule has 0 saturated heterocycles. The Balaban J connectivity index is -0.000000288. The van der Waals surface area contributed by atoms with Crippen LogP contribution in [0.2, 0.25) is 0 Å². The minimum absolute atomic E-state index is 0. The summed E-state index contributed by atoms with van der Waals surface area (Å²) in [5.74, 6) is 0. The minimum Gasteiger partial charge on any atom is -0.811 e. The number of hydrogen-bond donors (Lipinski definition) is 0. The SMILES string of the molecule is CCCCCCCCCCCCCCCCCCP(=O)([O-])[O-].CCCCCCCCCCCCCCCCCCP(=O)([O-])[O-].CCCCCCCCCCCCCCCCCCP(=O)([O-])[O-].[Fe+3].[Fe+3]. The molecule has 0 saturated carbocycles. The van der Waals surface area contributed by atoms with Crippen LogP contribution in [0.5, 0.6) is 0 Å². The Kier molecular flexibility index (Phi) is 72.4. The summed E-state index contributed by atoms with van der Waals surface area (Å²) in [6.07, 6.45) is 59.8. The van der Waals surface area contributed by atoms with E-state index in [9.17, 15) is 43.1 Å². The van der Waals surface area contributed by atoms with E-state index in [1.807, 2.05) is 0 Å². The minimum atomic E-state index is -4.25. The summed E-state index contributed by atoms with van der Waals surface area (Å²) in [4.78, 5) is 62.7. The first kappa shape index (κ1) is 78.4. The van der Waals surface area contributed by atoms with Crippen LogP contribution in [0.3, 0.4) is 0 Å². The van der Waals surface area contributed by atoms with Gasteiger partial charge in [-0.25, -0.2) is 0 Å². The number of unbranched alkanes of at least 4 members (excludes halogenated alkanes) is 45. The quantitative estimate of drug-likeness (QED) is 0.0324. The molecule has 68 heavy (non-hydrogen) atoms. The van der Waals surface area contributed by atoms with E-state index in [0.29, 0.717) is 19.3 Å². The van der Waals surface area contributed by atoms with Gasteiger partial charge < -0.3 is 43.1 Å². The van der Waals surface area contributed by atoms with Gasteiger partial charge in [-0.2, -0.15) is 0 Å². The van der Waals surface area contributed by atoms with Gasteiger partial charge in [0.15, 0.2) is 0 Å². The molecule has 0 amide bonds. The predicted octanol–water partition coefficient (Wildman–Crippen LogP) is 15.5. The second-order valence-corrected chi connectivity index (χ2v) is 24.9. The third-order valence-corrected chi connectivity index (χ3v) is 15.4. The fourth-order valence-electron chi connectivity index (χ4n) is 8.56. The molecule has 0 unspecified atom stereocenters. The van der Waals surface area contributed by atoms with Crippen molar-refractivity contribution < 1.29 is 77.2 Å². The number of rotatable bonds is 51. The summed E-state index contributed by atoms with van der Waals surface area (Å²) in [7, 11) is -12.8. The molecular weight excluding hydrogens is 997 g/mol. The Morgan fingerprint density at radius 1 is 0.191 bits per heavy atom. The molecule has 412 valence electrons. The van der Waals surface area contributed by atoms with Crippen LogP contribution in [0.15, 0.2) is 0 Å². The van der Waals surface area contributed by atoms with Gasteiger partial charge in [0.2, 0.25) is 0 Å². The van der Waals surface area contributed by atoms with Gasteiger partial charge in [-0.15, -0.1) is 0 Å². The molecule has 0 N–H and O–H groups in total. The third-order valence-electron chi connectivity index (χ3n) is 12.9. The van der Waals surface area contributed by atoms with Crippen LogP contribution in [-0.4, -0.2) is 18.5 Å². The van der Waals surface area contributed by atoms with E-state index in [4.69, 9.17) is 0 Å². The zero-order chi connectivity index (χ0) is 49.6. The summed E-state index contributed by atoms with van der Waals surface area (Å²) in [6, 6.07) is 0. The zero-order valence-electron chi connectivity index (χ0n) is 44.8. The molecule has 0 aromatic heterocycles. The molecule has 0 spiro atoms. The third kappa shape index (κ3) is 87.2. The fourth-order valence-corrected chi connectivity index (χ4v) is 10.4. The fraction of sp³-hybridized carbons (Fsp3) is 1.00.